The lowest BCUT2D eigenvalue weighted by Gasteiger charge is -2.20. The van der Waals surface area contributed by atoms with Crippen LogP contribution in [0.2, 0.25) is 0 Å². The average molecular weight is 428 g/mol. The molecule has 0 aliphatic carbocycles. The number of ether oxygens (including phenoxy) is 2. The molecule has 1 unspecified atom stereocenters. The van der Waals surface area contributed by atoms with Crippen LogP contribution in [0.4, 0.5) is 4.79 Å². The molecule has 1 aliphatic heterocycles. The van der Waals surface area contributed by atoms with Gasteiger partial charge < -0.3 is 14.4 Å². The first-order chi connectivity index (χ1) is 15.6. The molecular weight excluding hydrogens is 402 g/mol. The van der Waals surface area contributed by atoms with Crippen molar-refractivity contribution in [2.45, 2.75) is 12.6 Å². The fourth-order valence-corrected chi connectivity index (χ4v) is 3.74. The summed E-state index contributed by atoms with van der Waals surface area (Å²) >= 11 is 0. The number of benzene rings is 3. The third-order valence-corrected chi connectivity index (χ3v) is 5.40. The minimum Gasteiger partial charge on any atom is -0.497 e. The highest BCUT2D eigenvalue weighted by atomic mass is 16.6. The van der Waals surface area contributed by atoms with E-state index in [0.29, 0.717) is 5.70 Å². The summed E-state index contributed by atoms with van der Waals surface area (Å²) in [4.78, 5) is 16.2. The predicted molar refractivity (Wildman–Crippen MR) is 124 cm³/mol. The maximum Gasteiger partial charge on any atom is 0.421 e. The highest BCUT2D eigenvalue weighted by Crippen LogP contribution is 2.39. The molecule has 6 heteroatoms. The summed E-state index contributed by atoms with van der Waals surface area (Å²) in [5.74, 6) is 0.809. The number of rotatable bonds is 5. The number of amides is 1. The average Bonchev–Trinajstić information content (AvgIpc) is 3.08. The van der Waals surface area contributed by atoms with E-state index in [9.17, 15) is 4.79 Å². The van der Waals surface area contributed by atoms with Gasteiger partial charge in [-0.3, -0.25) is 5.41 Å². The van der Waals surface area contributed by atoms with Crippen LogP contribution < -0.4 is 4.74 Å². The minimum absolute atomic E-state index is 0.0612. The number of likely N-dealkylation sites (N-methyl/N-ethyl adjacent to an activating group) is 1. The maximum absolute atomic E-state index is 13.1. The molecule has 3 aromatic carbocycles. The fourth-order valence-electron chi connectivity index (χ4n) is 3.74. The number of methoxy groups -OCH3 is 1. The predicted octanol–water partition coefficient (Wildman–Crippen LogP) is 5.30. The van der Waals surface area contributed by atoms with Crippen molar-refractivity contribution in [2.24, 2.45) is 0 Å². The number of hydrogen-bond acceptors (Lipinski definition) is 4. The normalized spacial score (nSPS) is 17.0. The van der Waals surface area contributed by atoms with Crippen LogP contribution >= 0.6 is 0 Å². The first kappa shape index (κ1) is 21.2. The molecule has 1 atom stereocenters. The van der Waals surface area contributed by atoms with E-state index in [1.165, 1.54) is 4.90 Å². The van der Waals surface area contributed by atoms with Crippen LogP contribution in [0.5, 0.6) is 5.75 Å². The lowest BCUT2D eigenvalue weighted by Crippen LogP contribution is -2.35. The number of carbonyl (C=O) groups excluding carboxylic acids is 1. The highest BCUT2D eigenvalue weighted by molar-refractivity contribution is 5.98. The summed E-state index contributed by atoms with van der Waals surface area (Å²) in [7, 11) is 3.43. The Morgan fingerprint density at radius 3 is 2.22 bits per heavy atom. The molecule has 4 rings (SSSR count). The summed E-state index contributed by atoms with van der Waals surface area (Å²) in [6.45, 7) is 0.138. The van der Waals surface area contributed by atoms with Crippen molar-refractivity contribution >= 4 is 18.1 Å². The Bertz CT molecular complexity index is 1110. The van der Waals surface area contributed by atoms with Crippen LogP contribution in [0.15, 0.2) is 90.6 Å². The second-order valence-corrected chi connectivity index (χ2v) is 7.47. The van der Waals surface area contributed by atoms with Gasteiger partial charge in [-0.05, 0) is 34.9 Å². The molecule has 0 spiro atoms. The largest absolute Gasteiger partial charge is 0.497 e. The van der Waals surface area contributed by atoms with Gasteiger partial charge in [-0.2, -0.15) is 0 Å². The second-order valence-electron chi connectivity index (χ2n) is 7.47. The molecule has 0 saturated carbocycles. The number of carbonyl (C=O) groups is 1. The maximum atomic E-state index is 13.1. The van der Waals surface area contributed by atoms with Gasteiger partial charge in [-0.1, -0.05) is 72.8 Å². The van der Waals surface area contributed by atoms with Crippen molar-refractivity contribution in [2.75, 3.05) is 14.2 Å². The zero-order valence-corrected chi connectivity index (χ0v) is 18.1. The Morgan fingerprint density at radius 2 is 1.59 bits per heavy atom. The van der Waals surface area contributed by atoms with Crippen LogP contribution in [0.25, 0.3) is 6.08 Å². The number of nitrogens with one attached hydrogen (secondary N) is 1. The molecule has 1 heterocycles. The van der Waals surface area contributed by atoms with E-state index < -0.39 is 6.09 Å². The molecule has 162 valence electrons. The summed E-state index contributed by atoms with van der Waals surface area (Å²) in [6, 6.07) is 26.6. The van der Waals surface area contributed by atoms with Crippen molar-refractivity contribution < 1.29 is 14.3 Å². The molecule has 1 saturated heterocycles. The molecule has 1 fully saturated rings. The Morgan fingerprint density at radius 1 is 0.969 bits per heavy atom. The van der Waals surface area contributed by atoms with Crippen LogP contribution in [-0.4, -0.2) is 36.0 Å². The Kier molecular flexibility index (Phi) is 6.22. The van der Waals surface area contributed by atoms with E-state index in [0.717, 1.165) is 22.4 Å². The lowest BCUT2D eigenvalue weighted by atomic mass is 10.0. The molecule has 1 N–H and O–H groups in total. The number of nitrogens with zero attached hydrogens (tertiary/aromatic N) is 2. The smallest absolute Gasteiger partial charge is 0.421 e. The molecule has 32 heavy (non-hydrogen) atoms. The summed E-state index contributed by atoms with van der Waals surface area (Å²) in [6.07, 6.45) is 1.35. The summed E-state index contributed by atoms with van der Waals surface area (Å²) in [5, 5.41) is 8.67. The molecule has 0 aromatic heterocycles. The standard InChI is InChI=1S/C26H25N3O3/c1-28-24(21-13-15-22(31-2)16-14-21)23(17-19-9-5-3-6-10-19)29(25(28)27)26(30)32-18-20-11-7-4-8-12-20/h3-17,24,27H,18H2,1-2H3/b23-17-,27-25?. The van der Waals surface area contributed by atoms with E-state index in [-0.39, 0.29) is 18.6 Å². The van der Waals surface area contributed by atoms with Gasteiger partial charge >= 0.3 is 6.09 Å². The zero-order chi connectivity index (χ0) is 22.5. The number of hydrogen-bond donors (Lipinski definition) is 1. The Hall–Kier alpha value is -4.06. The third-order valence-electron chi connectivity index (χ3n) is 5.40. The van der Waals surface area contributed by atoms with Gasteiger partial charge in [0.25, 0.3) is 0 Å². The quantitative estimate of drug-likeness (QED) is 0.600. The molecule has 1 aliphatic rings. The molecule has 3 aromatic rings. The van der Waals surface area contributed by atoms with Gasteiger partial charge in [-0.15, -0.1) is 0 Å². The lowest BCUT2D eigenvalue weighted by molar-refractivity contribution is 0.123. The topological polar surface area (TPSA) is 65.9 Å². The van der Waals surface area contributed by atoms with E-state index in [2.05, 4.69) is 0 Å². The third kappa shape index (κ3) is 4.34. The monoisotopic (exact) mass is 427 g/mol. The summed E-state index contributed by atoms with van der Waals surface area (Å²) in [5.41, 5.74) is 3.43. The van der Waals surface area contributed by atoms with Gasteiger partial charge in [-0.25, -0.2) is 9.69 Å². The minimum atomic E-state index is -0.580. The van der Waals surface area contributed by atoms with Gasteiger partial charge in [0, 0.05) is 7.05 Å². The summed E-state index contributed by atoms with van der Waals surface area (Å²) < 4.78 is 10.9. The second kappa shape index (κ2) is 9.39. The van der Waals surface area contributed by atoms with E-state index >= 15 is 0 Å². The van der Waals surface area contributed by atoms with Crippen molar-refractivity contribution in [1.29, 1.82) is 5.41 Å². The van der Waals surface area contributed by atoms with Gasteiger partial charge in [0.15, 0.2) is 0 Å². The zero-order valence-electron chi connectivity index (χ0n) is 18.1. The molecular formula is C26H25N3O3. The molecule has 6 nitrogen and oxygen atoms in total. The van der Waals surface area contributed by atoms with E-state index in [1.54, 1.807) is 19.1 Å². The van der Waals surface area contributed by atoms with Crippen LogP contribution in [0, 0.1) is 5.41 Å². The molecule has 1 amide bonds. The van der Waals surface area contributed by atoms with Gasteiger partial charge in [0.1, 0.15) is 12.4 Å². The molecule has 0 bridgehead atoms. The van der Waals surface area contributed by atoms with Crippen molar-refractivity contribution in [3.8, 4) is 5.75 Å². The van der Waals surface area contributed by atoms with Crippen LogP contribution in [-0.2, 0) is 11.3 Å². The Balaban J connectivity index is 1.69. The van der Waals surface area contributed by atoms with Crippen LogP contribution in [0.1, 0.15) is 22.7 Å². The fraction of sp³-hybridized carbons (Fsp3) is 0.154. The van der Waals surface area contributed by atoms with Crippen molar-refractivity contribution in [3.05, 3.63) is 107 Å². The van der Waals surface area contributed by atoms with Crippen molar-refractivity contribution in [1.82, 2.24) is 9.80 Å². The Labute approximate surface area is 187 Å². The van der Waals surface area contributed by atoms with Gasteiger partial charge in [0.2, 0.25) is 5.96 Å². The van der Waals surface area contributed by atoms with Crippen molar-refractivity contribution in [3.63, 3.8) is 0 Å². The molecule has 0 radical (unpaired) electrons. The van der Waals surface area contributed by atoms with E-state index in [1.807, 2.05) is 91.0 Å². The highest BCUT2D eigenvalue weighted by Gasteiger charge is 2.42. The first-order valence-electron chi connectivity index (χ1n) is 10.3. The van der Waals surface area contributed by atoms with E-state index in [4.69, 9.17) is 14.9 Å². The first-order valence-corrected chi connectivity index (χ1v) is 10.3. The SMILES string of the molecule is COc1ccc(C2/C(=C/c3ccccc3)N(C(=O)OCc3ccccc3)C(=N)N2C)cc1. The number of guanidine groups is 1. The van der Waals surface area contributed by atoms with Crippen LogP contribution in [0.3, 0.4) is 0 Å². The van der Waals surface area contributed by atoms with Gasteiger partial charge in [0.05, 0.1) is 18.8 Å².